The highest BCUT2D eigenvalue weighted by Crippen LogP contribution is 2.44. The highest BCUT2D eigenvalue weighted by molar-refractivity contribution is 7.16. The SMILES string of the molecule is CCc1nn2c(=O)cc(CN3CC(O)(C4CC4)C3)nc2s1. The highest BCUT2D eigenvalue weighted by Gasteiger charge is 2.51. The highest BCUT2D eigenvalue weighted by atomic mass is 32.1. The molecule has 1 aliphatic heterocycles. The van der Waals surface area contributed by atoms with E-state index in [0.29, 0.717) is 30.5 Å². The zero-order chi connectivity index (χ0) is 14.6. The number of likely N-dealkylation sites (tertiary alicyclic amines) is 1. The van der Waals surface area contributed by atoms with Crippen LogP contribution in [0, 0.1) is 5.92 Å². The van der Waals surface area contributed by atoms with E-state index in [9.17, 15) is 9.90 Å². The van der Waals surface area contributed by atoms with Gasteiger partial charge in [-0.3, -0.25) is 9.69 Å². The maximum Gasteiger partial charge on any atom is 0.275 e. The van der Waals surface area contributed by atoms with Crippen LogP contribution in [0.4, 0.5) is 0 Å². The molecule has 2 aromatic heterocycles. The van der Waals surface area contributed by atoms with Crippen LogP contribution < -0.4 is 5.56 Å². The molecule has 0 amide bonds. The van der Waals surface area contributed by atoms with Gasteiger partial charge in [0, 0.05) is 25.7 Å². The minimum absolute atomic E-state index is 0.121. The van der Waals surface area contributed by atoms with Crippen LogP contribution in [0.2, 0.25) is 0 Å². The Bertz CT molecular complexity index is 743. The van der Waals surface area contributed by atoms with Crippen LogP contribution in [0.25, 0.3) is 4.96 Å². The lowest BCUT2D eigenvalue weighted by molar-refractivity contribution is -0.117. The van der Waals surface area contributed by atoms with Crippen molar-refractivity contribution in [1.82, 2.24) is 19.5 Å². The molecular weight excluding hydrogens is 288 g/mol. The van der Waals surface area contributed by atoms with E-state index in [1.165, 1.54) is 15.9 Å². The van der Waals surface area contributed by atoms with E-state index in [0.717, 1.165) is 30.0 Å². The molecule has 6 nitrogen and oxygen atoms in total. The molecule has 0 bridgehead atoms. The summed E-state index contributed by atoms with van der Waals surface area (Å²) in [7, 11) is 0. The fourth-order valence-electron chi connectivity index (χ4n) is 3.07. The van der Waals surface area contributed by atoms with E-state index in [-0.39, 0.29) is 5.56 Å². The predicted octanol–water partition coefficient (Wildman–Crippen LogP) is 0.670. The Labute approximate surface area is 126 Å². The Balaban J connectivity index is 1.53. The molecule has 1 aliphatic carbocycles. The molecule has 7 heteroatoms. The quantitative estimate of drug-likeness (QED) is 0.899. The zero-order valence-corrected chi connectivity index (χ0v) is 12.8. The van der Waals surface area contributed by atoms with Crippen LogP contribution in [-0.4, -0.2) is 43.3 Å². The number of aromatic nitrogens is 3. The Kier molecular flexibility index (Phi) is 2.92. The van der Waals surface area contributed by atoms with Gasteiger partial charge in [0.25, 0.3) is 5.56 Å². The predicted molar refractivity (Wildman–Crippen MR) is 79.5 cm³/mol. The van der Waals surface area contributed by atoms with Gasteiger partial charge < -0.3 is 5.11 Å². The summed E-state index contributed by atoms with van der Waals surface area (Å²) in [5, 5.41) is 15.5. The molecule has 0 aromatic carbocycles. The normalized spacial score (nSPS) is 21.6. The van der Waals surface area contributed by atoms with Gasteiger partial charge in [0.1, 0.15) is 5.01 Å². The summed E-state index contributed by atoms with van der Waals surface area (Å²) in [6.07, 6.45) is 3.11. The third-order valence-corrected chi connectivity index (χ3v) is 5.41. The third-order valence-electron chi connectivity index (χ3n) is 4.36. The van der Waals surface area contributed by atoms with Crippen molar-refractivity contribution in [1.29, 1.82) is 0 Å². The summed E-state index contributed by atoms with van der Waals surface area (Å²) in [5.41, 5.74) is 0.159. The summed E-state index contributed by atoms with van der Waals surface area (Å²) in [6.45, 7) is 4.03. The largest absolute Gasteiger partial charge is 0.387 e. The van der Waals surface area contributed by atoms with Crippen LogP contribution >= 0.6 is 11.3 Å². The Hall–Kier alpha value is -1.31. The van der Waals surface area contributed by atoms with E-state index in [1.807, 2.05) is 6.92 Å². The van der Waals surface area contributed by atoms with E-state index < -0.39 is 5.60 Å². The van der Waals surface area contributed by atoms with Crippen LogP contribution in [0.3, 0.4) is 0 Å². The first-order valence-corrected chi connectivity index (χ1v) is 8.22. The maximum absolute atomic E-state index is 12.1. The van der Waals surface area contributed by atoms with Crippen LogP contribution in [0.1, 0.15) is 30.5 Å². The number of aliphatic hydroxyl groups is 1. The fraction of sp³-hybridized carbons (Fsp3) is 0.643. The van der Waals surface area contributed by atoms with E-state index in [1.54, 1.807) is 6.07 Å². The Morgan fingerprint density at radius 1 is 1.48 bits per heavy atom. The smallest absolute Gasteiger partial charge is 0.275 e. The molecule has 2 aromatic rings. The molecule has 2 fully saturated rings. The summed E-state index contributed by atoms with van der Waals surface area (Å²) >= 11 is 1.47. The van der Waals surface area contributed by atoms with Gasteiger partial charge in [0.2, 0.25) is 4.96 Å². The van der Waals surface area contributed by atoms with Crippen LogP contribution in [0.15, 0.2) is 10.9 Å². The van der Waals surface area contributed by atoms with Gasteiger partial charge in [-0.05, 0) is 25.2 Å². The van der Waals surface area contributed by atoms with Gasteiger partial charge in [0.05, 0.1) is 11.3 Å². The lowest BCUT2D eigenvalue weighted by atomic mass is 9.88. The molecule has 112 valence electrons. The van der Waals surface area contributed by atoms with E-state index in [2.05, 4.69) is 15.0 Å². The summed E-state index contributed by atoms with van der Waals surface area (Å²) in [4.78, 5) is 19.4. The number of aryl methyl sites for hydroxylation is 1. The molecule has 1 saturated heterocycles. The first-order valence-electron chi connectivity index (χ1n) is 7.41. The van der Waals surface area contributed by atoms with Gasteiger partial charge in [-0.25, -0.2) is 4.98 Å². The second-order valence-corrected chi connectivity index (χ2v) is 7.19. The minimum Gasteiger partial charge on any atom is -0.387 e. The van der Waals surface area contributed by atoms with Gasteiger partial charge in [-0.15, -0.1) is 0 Å². The second-order valence-electron chi connectivity index (χ2n) is 6.15. The molecule has 1 N–H and O–H groups in total. The van der Waals surface area contributed by atoms with Gasteiger partial charge in [-0.2, -0.15) is 9.61 Å². The van der Waals surface area contributed by atoms with Crippen molar-refractivity contribution in [3.05, 3.63) is 27.1 Å². The minimum atomic E-state index is -0.487. The number of β-amino-alcohol motifs (C(OH)–C–C–N with tert-alkyl or cyclic N) is 1. The molecule has 0 unspecified atom stereocenters. The van der Waals surface area contributed by atoms with Gasteiger partial charge >= 0.3 is 0 Å². The maximum atomic E-state index is 12.1. The monoisotopic (exact) mass is 306 g/mol. The topological polar surface area (TPSA) is 70.7 Å². The lowest BCUT2D eigenvalue weighted by Gasteiger charge is -2.46. The number of fused-ring (bicyclic) bond motifs is 1. The second kappa shape index (κ2) is 4.59. The molecular formula is C14H18N4O2S. The molecule has 0 radical (unpaired) electrons. The summed E-state index contributed by atoms with van der Waals surface area (Å²) < 4.78 is 1.38. The molecule has 1 saturated carbocycles. The zero-order valence-electron chi connectivity index (χ0n) is 11.9. The van der Waals surface area contributed by atoms with Crippen molar-refractivity contribution in [3.63, 3.8) is 0 Å². The standard InChI is InChI=1S/C14H18N4O2S/c1-2-11-16-18-12(19)5-10(15-13(18)21-11)6-17-7-14(20,8-17)9-3-4-9/h5,9,20H,2-4,6-8H2,1H3. The van der Waals surface area contributed by atoms with Crippen molar-refractivity contribution in [2.45, 2.75) is 38.3 Å². The van der Waals surface area contributed by atoms with Gasteiger partial charge in [-0.1, -0.05) is 18.3 Å². The molecule has 3 heterocycles. The number of hydrogen-bond acceptors (Lipinski definition) is 6. The van der Waals surface area contributed by atoms with Crippen LogP contribution in [0.5, 0.6) is 0 Å². The van der Waals surface area contributed by atoms with Gasteiger partial charge in [0.15, 0.2) is 0 Å². The number of nitrogens with zero attached hydrogens (tertiary/aromatic N) is 4. The Morgan fingerprint density at radius 2 is 2.24 bits per heavy atom. The first-order chi connectivity index (χ1) is 10.1. The van der Waals surface area contributed by atoms with E-state index >= 15 is 0 Å². The van der Waals surface area contributed by atoms with Crippen molar-refractivity contribution < 1.29 is 5.11 Å². The van der Waals surface area contributed by atoms with Crippen LogP contribution in [-0.2, 0) is 13.0 Å². The number of rotatable bonds is 4. The average Bonchev–Trinajstić information content (AvgIpc) is 3.17. The first kappa shape index (κ1) is 13.4. The molecule has 4 rings (SSSR count). The summed E-state index contributed by atoms with van der Waals surface area (Å²) in [6, 6.07) is 1.56. The third kappa shape index (κ3) is 2.29. The molecule has 0 atom stereocenters. The fourth-order valence-corrected chi connectivity index (χ4v) is 3.93. The van der Waals surface area contributed by atoms with Crippen molar-refractivity contribution in [2.75, 3.05) is 13.1 Å². The molecule has 2 aliphatic rings. The molecule has 0 spiro atoms. The Morgan fingerprint density at radius 3 is 2.90 bits per heavy atom. The average molecular weight is 306 g/mol. The van der Waals surface area contributed by atoms with E-state index in [4.69, 9.17) is 0 Å². The number of hydrogen-bond donors (Lipinski definition) is 1. The van der Waals surface area contributed by atoms with Crippen molar-refractivity contribution >= 4 is 16.3 Å². The lowest BCUT2D eigenvalue weighted by Crippen LogP contribution is -2.62. The summed E-state index contributed by atoms with van der Waals surface area (Å²) in [5.74, 6) is 0.489. The van der Waals surface area contributed by atoms with Crippen molar-refractivity contribution in [2.24, 2.45) is 5.92 Å². The van der Waals surface area contributed by atoms with Crippen molar-refractivity contribution in [3.8, 4) is 0 Å². The molecule has 21 heavy (non-hydrogen) atoms.